The molecule has 0 aliphatic heterocycles. The van der Waals surface area contributed by atoms with Gasteiger partial charge < -0.3 is 5.73 Å². The molecule has 1 aromatic carbocycles. The normalized spacial score (nSPS) is 17.2. The topological polar surface area (TPSA) is 60.9 Å². The zero-order valence-electron chi connectivity index (χ0n) is 12.3. The van der Waals surface area contributed by atoms with Crippen molar-refractivity contribution in [2.45, 2.75) is 49.3 Å². The van der Waals surface area contributed by atoms with E-state index in [4.69, 9.17) is 5.73 Å². The summed E-state index contributed by atoms with van der Waals surface area (Å²) in [4.78, 5) is 0.817. The van der Waals surface area contributed by atoms with E-state index in [0.717, 1.165) is 21.8 Å². The monoisotopic (exact) mass is 303 g/mol. The molecule has 1 atom stereocenters. The van der Waals surface area contributed by atoms with E-state index in [9.17, 15) is 4.21 Å². The van der Waals surface area contributed by atoms with Gasteiger partial charge in [-0.1, -0.05) is 12.8 Å². The Hall–Kier alpha value is -1.62. The summed E-state index contributed by atoms with van der Waals surface area (Å²) in [6, 6.07) is 8.08. The maximum absolute atomic E-state index is 12.4. The smallest absolute Gasteiger partial charge is 0.0753 e. The van der Waals surface area contributed by atoms with Crippen LogP contribution in [0.1, 0.15) is 43.0 Å². The van der Waals surface area contributed by atoms with E-state index >= 15 is 0 Å². The summed E-state index contributed by atoms with van der Waals surface area (Å²) in [5, 5.41) is 4.60. The van der Waals surface area contributed by atoms with Crippen molar-refractivity contribution in [3.63, 3.8) is 0 Å². The Balaban J connectivity index is 1.70. The first-order chi connectivity index (χ1) is 10.1. The van der Waals surface area contributed by atoms with Crippen molar-refractivity contribution in [3.05, 3.63) is 41.7 Å². The van der Waals surface area contributed by atoms with Gasteiger partial charge in [0.05, 0.1) is 28.3 Å². The molecular formula is C16H21N3OS. The van der Waals surface area contributed by atoms with E-state index in [2.05, 4.69) is 5.10 Å². The highest BCUT2D eigenvalue weighted by atomic mass is 32.2. The molecule has 5 heteroatoms. The molecule has 4 nitrogen and oxygen atoms in total. The number of aryl methyl sites for hydroxylation is 1. The average Bonchev–Trinajstić information content (AvgIpc) is 3.12. The number of nitrogens with two attached hydrogens (primary N) is 1. The van der Waals surface area contributed by atoms with Gasteiger partial charge in [-0.25, -0.2) is 0 Å². The van der Waals surface area contributed by atoms with Crippen LogP contribution in [-0.2, 0) is 16.6 Å². The second-order valence-corrected chi connectivity index (χ2v) is 7.18. The van der Waals surface area contributed by atoms with Gasteiger partial charge in [-0.15, -0.1) is 0 Å². The summed E-state index contributed by atoms with van der Waals surface area (Å²) < 4.78 is 14.5. The van der Waals surface area contributed by atoms with Gasteiger partial charge in [0.2, 0.25) is 0 Å². The molecule has 21 heavy (non-hydrogen) atoms. The molecule has 3 rings (SSSR count). The standard InChI is InChI=1S/C16H21N3OS/c1-12-10-15(6-7-16(12)17)21(20)11-13-8-9-19(18-13)14-4-2-3-5-14/h6-10,14H,2-5,11,17H2,1H3. The summed E-state index contributed by atoms with van der Waals surface area (Å²) in [7, 11) is -1.07. The van der Waals surface area contributed by atoms with Crippen LogP contribution in [0.2, 0.25) is 0 Å². The molecule has 2 N–H and O–H groups in total. The quantitative estimate of drug-likeness (QED) is 0.882. The maximum Gasteiger partial charge on any atom is 0.0753 e. The van der Waals surface area contributed by atoms with E-state index in [1.54, 1.807) is 0 Å². The van der Waals surface area contributed by atoms with Gasteiger partial charge in [-0.2, -0.15) is 5.10 Å². The number of hydrogen-bond donors (Lipinski definition) is 1. The molecule has 0 bridgehead atoms. The molecule has 1 aromatic heterocycles. The van der Waals surface area contributed by atoms with Gasteiger partial charge >= 0.3 is 0 Å². The average molecular weight is 303 g/mol. The first-order valence-electron chi connectivity index (χ1n) is 7.42. The Morgan fingerprint density at radius 1 is 1.33 bits per heavy atom. The molecule has 1 fully saturated rings. The second-order valence-electron chi connectivity index (χ2n) is 5.73. The lowest BCUT2D eigenvalue weighted by molar-refractivity contribution is 0.464. The molecule has 1 unspecified atom stereocenters. The molecule has 0 radical (unpaired) electrons. The lowest BCUT2D eigenvalue weighted by Crippen LogP contribution is -2.06. The van der Waals surface area contributed by atoms with Crippen molar-refractivity contribution in [3.8, 4) is 0 Å². The fourth-order valence-corrected chi connectivity index (χ4v) is 3.95. The van der Waals surface area contributed by atoms with Crippen LogP contribution in [0.5, 0.6) is 0 Å². The van der Waals surface area contributed by atoms with Crippen LogP contribution in [0.4, 0.5) is 5.69 Å². The van der Waals surface area contributed by atoms with Crippen molar-refractivity contribution in [1.82, 2.24) is 9.78 Å². The van der Waals surface area contributed by atoms with Crippen molar-refractivity contribution in [1.29, 1.82) is 0 Å². The SMILES string of the molecule is Cc1cc(S(=O)Cc2ccn(C3CCCC3)n2)ccc1N. The van der Waals surface area contributed by atoms with Crippen LogP contribution >= 0.6 is 0 Å². The summed E-state index contributed by atoms with van der Waals surface area (Å²) in [5.74, 6) is 0.461. The fourth-order valence-electron chi connectivity index (χ4n) is 2.83. The Labute approximate surface area is 127 Å². The fraction of sp³-hybridized carbons (Fsp3) is 0.438. The van der Waals surface area contributed by atoms with E-state index < -0.39 is 10.8 Å². The highest BCUT2D eigenvalue weighted by Crippen LogP contribution is 2.29. The third-order valence-electron chi connectivity index (χ3n) is 4.15. The first kappa shape index (κ1) is 14.3. The third kappa shape index (κ3) is 3.18. The van der Waals surface area contributed by atoms with Gasteiger partial charge in [0.1, 0.15) is 0 Å². The van der Waals surface area contributed by atoms with E-state index in [1.807, 2.05) is 42.1 Å². The molecule has 0 saturated heterocycles. The van der Waals surface area contributed by atoms with Crippen LogP contribution in [0.25, 0.3) is 0 Å². The van der Waals surface area contributed by atoms with Crippen LogP contribution < -0.4 is 5.73 Å². The number of nitrogens with zero attached hydrogens (tertiary/aromatic N) is 2. The van der Waals surface area contributed by atoms with Gasteiger partial charge in [-0.05, 0) is 49.6 Å². The highest BCUT2D eigenvalue weighted by Gasteiger charge is 2.18. The second kappa shape index (κ2) is 6.02. The lowest BCUT2D eigenvalue weighted by Gasteiger charge is -2.09. The Kier molecular flexibility index (Phi) is 4.10. The van der Waals surface area contributed by atoms with Crippen molar-refractivity contribution >= 4 is 16.5 Å². The largest absolute Gasteiger partial charge is 0.399 e. The van der Waals surface area contributed by atoms with Crippen LogP contribution in [0.15, 0.2) is 35.4 Å². The van der Waals surface area contributed by atoms with Crippen LogP contribution in [0.3, 0.4) is 0 Å². The van der Waals surface area contributed by atoms with E-state index in [-0.39, 0.29) is 0 Å². The number of nitrogen functional groups attached to an aromatic ring is 1. The molecule has 112 valence electrons. The summed E-state index contributed by atoms with van der Waals surface area (Å²) in [6.45, 7) is 1.94. The predicted octanol–water partition coefficient (Wildman–Crippen LogP) is 3.20. The predicted molar refractivity (Wildman–Crippen MR) is 85.4 cm³/mol. The van der Waals surface area contributed by atoms with E-state index in [0.29, 0.717) is 11.8 Å². The molecule has 1 aliphatic carbocycles. The van der Waals surface area contributed by atoms with Crippen molar-refractivity contribution in [2.75, 3.05) is 5.73 Å². The number of hydrogen-bond acceptors (Lipinski definition) is 3. The Bertz CT molecular complexity index is 659. The summed E-state index contributed by atoms with van der Waals surface area (Å²) in [5.41, 5.74) is 8.40. The maximum atomic E-state index is 12.4. The van der Waals surface area contributed by atoms with Crippen molar-refractivity contribution in [2.24, 2.45) is 0 Å². The highest BCUT2D eigenvalue weighted by molar-refractivity contribution is 7.84. The van der Waals surface area contributed by atoms with Gasteiger partial charge in [-0.3, -0.25) is 8.89 Å². The number of aromatic nitrogens is 2. The lowest BCUT2D eigenvalue weighted by atomic mass is 10.2. The van der Waals surface area contributed by atoms with Gasteiger partial charge in [0.15, 0.2) is 0 Å². The molecule has 0 amide bonds. The minimum atomic E-state index is -1.07. The number of benzene rings is 1. The zero-order valence-corrected chi connectivity index (χ0v) is 13.1. The zero-order chi connectivity index (χ0) is 14.8. The third-order valence-corrected chi connectivity index (χ3v) is 5.48. The summed E-state index contributed by atoms with van der Waals surface area (Å²) >= 11 is 0. The Morgan fingerprint density at radius 3 is 2.81 bits per heavy atom. The number of rotatable bonds is 4. The van der Waals surface area contributed by atoms with Gasteiger partial charge in [0, 0.05) is 16.8 Å². The molecule has 0 spiro atoms. The van der Waals surface area contributed by atoms with Crippen LogP contribution in [-0.4, -0.2) is 14.0 Å². The summed E-state index contributed by atoms with van der Waals surface area (Å²) in [6.07, 6.45) is 7.02. The van der Waals surface area contributed by atoms with Crippen molar-refractivity contribution < 1.29 is 4.21 Å². The van der Waals surface area contributed by atoms with Crippen LogP contribution in [0, 0.1) is 6.92 Å². The molecule has 1 saturated carbocycles. The molecule has 1 heterocycles. The molecular weight excluding hydrogens is 282 g/mol. The van der Waals surface area contributed by atoms with Gasteiger partial charge in [0.25, 0.3) is 0 Å². The first-order valence-corrected chi connectivity index (χ1v) is 8.74. The molecule has 1 aliphatic rings. The Morgan fingerprint density at radius 2 is 2.10 bits per heavy atom. The molecule has 2 aromatic rings. The number of anilines is 1. The van der Waals surface area contributed by atoms with E-state index in [1.165, 1.54) is 25.7 Å². The minimum Gasteiger partial charge on any atom is -0.399 e. The minimum absolute atomic E-state index is 0.461.